The number of benzene rings is 2. The van der Waals surface area contributed by atoms with Crippen LogP contribution < -0.4 is 14.8 Å². The molecular formula is C21H22N2O4. The first-order valence-electron chi connectivity index (χ1n) is 9.15. The van der Waals surface area contributed by atoms with E-state index in [9.17, 15) is 10.1 Å². The highest BCUT2D eigenvalue weighted by Crippen LogP contribution is 2.54. The zero-order valence-electron chi connectivity index (χ0n) is 15.3. The van der Waals surface area contributed by atoms with Gasteiger partial charge in [-0.25, -0.2) is 0 Å². The van der Waals surface area contributed by atoms with Crippen LogP contribution in [0.5, 0.6) is 11.5 Å². The summed E-state index contributed by atoms with van der Waals surface area (Å²) in [7, 11) is 1.59. The molecule has 0 saturated heterocycles. The van der Waals surface area contributed by atoms with Crippen molar-refractivity contribution in [3.05, 3.63) is 69.8 Å². The summed E-state index contributed by atoms with van der Waals surface area (Å²) in [5.74, 6) is 1.69. The lowest BCUT2D eigenvalue weighted by atomic mass is 9.76. The number of nitrogens with one attached hydrogen (secondary N) is 1. The Balaban J connectivity index is 1.79. The van der Waals surface area contributed by atoms with Crippen LogP contribution in [0.4, 0.5) is 11.4 Å². The van der Waals surface area contributed by atoms with E-state index < -0.39 is 0 Å². The fourth-order valence-electron chi connectivity index (χ4n) is 4.26. The highest BCUT2D eigenvalue weighted by Gasteiger charge is 2.42. The van der Waals surface area contributed by atoms with Crippen LogP contribution in [0.15, 0.2) is 48.6 Å². The van der Waals surface area contributed by atoms with Crippen molar-refractivity contribution >= 4 is 11.4 Å². The molecular weight excluding hydrogens is 344 g/mol. The summed E-state index contributed by atoms with van der Waals surface area (Å²) in [6, 6.07) is 11.3. The van der Waals surface area contributed by atoms with Crippen molar-refractivity contribution in [3.8, 4) is 11.5 Å². The van der Waals surface area contributed by atoms with Crippen LogP contribution in [-0.2, 0) is 0 Å². The lowest BCUT2D eigenvalue weighted by Crippen LogP contribution is -2.30. The molecule has 0 spiro atoms. The van der Waals surface area contributed by atoms with Crippen molar-refractivity contribution in [1.82, 2.24) is 0 Å². The molecule has 0 aromatic heterocycles. The van der Waals surface area contributed by atoms with E-state index in [0.717, 1.165) is 29.0 Å². The number of rotatable bonds is 5. The number of ether oxygens (including phenoxy) is 2. The van der Waals surface area contributed by atoms with Crippen LogP contribution in [0.25, 0.3) is 0 Å². The zero-order chi connectivity index (χ0) is 19.0. The molecule has 4 rings (SSSR count). The second-order valence-corrected chi connectivity index (χ2v) is 6.81. The maximum Gasteiger partial charge on any atom is 0.275 e. The van der Waals surface area contributed by atoms with E-state index in [2.05, 4.69) is 29.6 Å². The molecule has 6 heteroatoms. The predicted molar refractivity (Wildman–Crippen MR) is 104 cm³/mol. The summed E-state index contributed by atoms with van der Waals surface area (Å²) in [6.45, 7) is 2.59. The SMILES string of the molecule is CCOc1ccc(C2Nc3c(OC)ccc([N+](=O)[O-])c3C3C=CCC32)cc1. The molecule has 3 unspecified atom stereocenters. The van der Waals surface area contributed by atoms with Gasteiger partial charge in [-0.15, -0.1) is 0 Å². The van der Waals surface area contributed by atoms with Crippen LogP contribution in [0, 0.1) is 16.0 Å². The van der Waals surface area contributed by atoms with Gasteiger partial charge in [0.05, 0.1) is 35.9 Å². The van der Waals surface area contributed by atoms with E-state index in [1.807, 2.05) is 19.1 Å². The number of methoxy groups -OCH3 is 1. The van der Waals surface area contributed by atoms with Gasteiger partial charge in [-0.2, -0.15) is 0 Å². The molecule has 2 aromatic carbocycles. The molecule has 0 radical (unpaired) electrons. The normalized spacial score (nSPS) is 22.5. The minimum absolute atomic E-state index is 0.00619. The monoisotopic (exact) mass is 366 g/mol. The van der Waals surface area contributed by atoms with Crippen LogP contribution in [0.3, 0.4) is 0 Å². The molecule has 27 heavy (non-hydrogen) atoms. The van der Waals surface area contributed by atoms with Gasteiger partial charge in [-0.05, 0) is 43.0 Å². The number of nitrogens with zero attached hydrogens (tertiary/aromatic N) is 1. The second-order valence-electron chi connectivity index (χ2n) is 6.81. The van der Waals surface area contributed by atoms with Gasteiger partial charge in [0, 0.05) is 12.0 Å². The molecule has 0 saturated carbocycles. The van der Waals surface area contributed by atoms with Gasteiger partial charge in [-0.3, -0.25) is 10.1 Å². The lowest BCUT2D eigenvalue weighted by molar-refractivity contribution is -0.385. The van der Waals surface area contributed by atoms with E-state index in [4.69, 9.17) is 9.47 Å². The molecule has 2 aliphatic rings. The third-order valence-corrected chi connectivity index (χ3v) is 5.43. The topological polar surface area (TPSA) is 73.6 Å². The predicted octanol–water partition coefficient (Wildman–Crippen LogP) is 4.83. The Morgan fingerprint density at radius 3 is 2.67 bits per heavy atom. The molecule has 140 valence electrons. The van der Waals surface area contributed by atoms with Crippen LogP contribution in [-0.4, -0.2) is 18.6 Å². The van der Waals surface area contributed by atoms with Gasteiger partial charge in [0.15, 0.2) is 0 Å². The Hall–Kier alpha value is -3.02. The summed E-state index contributed by atoms with van der Waals surface area (Å²) in [6.07, 6.45) is 5.10. The molecule has 3 atom stereocenters. The standard InChI is InChI=1S/C21H22N2O4/c1-3-27-14-9-7-13(8-10-14)20-16-6-4-5-15(16)19-17(23(24)25)11-12-18(26-2)21(19)22-20/h4-5,7-12,15-16,20,22H,3,6H2,1-2H3. The van der Waals surface area contributed by atoms with Gasteiger partial charge in [0.2, 0.25) is 0 Å². The molecule has 2 aromatic rings. The zero-order valence-corrected chi connectivity index (χ0v) is 15.3. The van der Waals surface area contributed by atoms with Crippen molar-refractivity contribution in [2.75, 3.05) is 19.0 Å². The minimum Gasteiger partial charge on any atom is -0.495 e. The van der Waals surface area contributed by atoms with Crippen molar-refractivity contribution in [2.24, 2.45) is 5.92 Å². The Morgan fingerprint density at radius 2 is 2.00 bits per heavy atom. The number of anilines is 1. The molecule has 6 nitrogen and oxygen atoms in total. The summed E-state index contributed by atoms with van der Waals surface area (Å²) in [5.41, 5.74) is 2.72. The number of allylic oxidation sites excluding steroid dienone is 2. The average molecular weight is 366 g/mol. The Labute approximate surface area is 158 Å². The van der Waals surface area contributed by atoms with Gasteiger partial charge >= 0.3 is 0 Å². The molecule has 1 aliphatic heterocycles. The first kappa shape index (κ1) is 17.4. The molecule has 0 bridgehead atoms. The molecule has 1 heterocycles. The average Bonchev–Trinajstić information content (AvgIpc) is 3.17. The minimum atomic E-state index is -0.305. The third kappa shape index (κ3) is 2.91. The second kappa shape index (κ2) is 6.95. The number of nitro groups is 1. The third-order valence-electron chi connectivity index (χ3n) is 5.43. The molecule has 1 aliphatic carbocycles. The largest absolute Gasteiger partial charge is 0.495 e. The van der Waals surface area contributed by atoms with E-state index in [-0.39, 0.29) is 28.5 Å². The van der Waals surface area contributed by atoms with Crippen LogP contribution >= 0.6 is 0 Å². The quantitative estimate of drug-likeness (QED) is 0.466. The van der Waals surface area contributed by atoms with Crippen molar-refractivity contribution < 1.29 is 14.4 Å². The summed E-state index contributed by atoms with van der Waals surface area (Å²) in [4.78, 5) is 11.3. The Bertz CT molecular complexity index is 892. The van der Waals surface area contributed by atoms with Crippen molar-refractivity contribution in [1.29, 1.82) is 0 Å². The number of nitro benzene ring substituents is 1. The highest BCUT2D eigenvalue weighted by molar-refractivity contribution is 5.73. The molecule has 0 amide bonds. The first-order chi connectivity index (χ1) is 13.1. The Morgan fingerprint density at radius 1 is 1.22 bits per heavy atom. The maximum absolute atomic E-state index is 11.6. The van der Waals surface area contributed by atoms with E-state index in [0.29, 0.717) is 12.4 Å². The summed E-state index contributed by atoms with van der Waals surface area (Å²) in [5, 5.41) is 15.2. The number of hydrogen-bond acceptors (Lipinski definition) is 5. The van der Waals surface area contributed by atoms with Crippen molar-refractivity contribution in [3.63, 3.8) is 0 Å². The van der Waals surface area contributed by atoms with Gasteiger partial charge in [0.1, 0.15) is 11.5 Å². The van der Waals surface area contributed by atoms with E-state index in [1.165, 1.54) is 0 Å². The summed E-state index contributed by atoms with van der Waals surface area (Å²) < 4.78 is 11.0. The molecule has 1 N–H and O–H groups in total. The van der Waals surface area contributed by atoms with Gasteiger partial charge < -0.3 is 14.8 Å². The van der Waals surface area contributed by atoms with Gasteiger partial charge in [-0.1, -0.05) is 24.3 Å². The number of fused-ring (bicyclic) bond motifs is 3. The Kier molecular flexibility index (Phi) is 4.48. The molecule has 0 fully saturated rings. The van der Waals surface area contributed by atoms with E-state index in [1.54, 1.807) is 19.2 Å². The van der Waals surface area contributed by atoms with Crippen molar-refractivity contribution in [2.45, 2.75) is 25.3 Å². The first-order valence-corrected chi connectivity index (χ1v) is 9.15. The van der Waals surface area contributed by atoms with Gasteiger partial charge in [0.25, 0.3) is 5.69 Å². The maximum atomic E-state index is 11.6. The highest BCUT2D eigenvalue weighted by atomic mass is 16.6. The summed E-state index contributed by atoms with van der Waals surface area (Å²) >= 11 is 0. The fourth-order valence-corrected chi connectivity index (χ4v) is 4.26. The lowest BCUT2D eigenvalue weighted by Gasteiger charge is -2.37. The van der Waals surface area contributed by atoms with Crippen LogP contribution in [0.1, 0.15) is 36.4 Å². The smallest absolute Gasteiger partial charge is 0.275 e. The van der Waals surface area contributed by atoms with E-state index >= 15 is 0 Å². The fraction of sp³-hybridized carbons (Fsp3) is 0.333. The van der Waals surface area contributed by atoms with Crippen LogP contribution in [0.2, 0.25) is 0 Å². The number of hydrogen-bond donors (Lipinski definition) is 1.